The fourth-order valence-corrected chi connectivity index (χ4v) is 4.81. The van der Waals surface area contributed by atoms with E-state index in [0.717, 1.165) is 69.3 Å². The first-order chi connectivity index (χ1) is 19.0. The molecular weight excluding hydrogens is 496 g/mol. The zero-order chi connectivity index (χ0) is 27.9. The Morgan fingerprint density at radius 3 is 2.46 bits per heavy atom. The second-order valence-corrected chi connectivity index (χ2v) is 10.4. The molecule has 0 radical (unpaired) electrons. The predicted molar refractivity (Wildman–Crippen MR) is 153 cm³/mol. The van der Waals surface area contributed by atoms with Crippen molar-refractivity contribution < 1.29 is 29.5 Å². The molecule has 0 amide bonds. The monoisotopic (exact) mass is 544 g/mol. The molecule has 1 aliphatic heterocycles. The number of unbranched alkanes of at least 4 members (excludes halogenated alkanes) is 4. The Bertz CT molecular complexity index is 900. The van der Waals surface area contributed by atoms with Gasteiger partial charge in [-0.3, -0.25) is 4.90 Å². The Labute approximate surface area is 233 Å². The molecule has 0 saturated carbocycles. The standard InChI is InChI=1S/C31H48N2O6/c1-2-3-4-10-19-33(20-21-37-26-16-14-24(15-17-26)11-8-9-18-32)22-27(34)29(36)30-28(35)23-38-31(39-30)25-12-6-5-7-13-25/h5-7,12-17,27-31,34-36H,2-4,8-11,18-23,32H2,1H3/t27-,28+,29+,30+,31?/m0/s1. The van der Waals surface area contributed by atoms with Crippen molar-refractivity contribution in [3.05, 3.63) is 65.7 Å². The van der Waals surface area contributed by atoms with Gasteiger partial charge in [-0.1, -0.05) is 68.7 Å². The highest BCUT2D eigenvalue weighted by Gasteiger charge is 2.39. The molecule has 1 heterocycles. The van der Waals surface area contributed by atoms with E-state index < -0.39 is 30.7 Å². The van der Waals surface area contributed by atoms with Crippen molar-refractivity contribution in [3.8, 4) is 5.75 Å². The summed E-state index contributed by atoms with van der Waals surface area (Å²) < 4.78 is 17.5. The summed E-state index contributed by atoms with van der Waals surface area (Å²) in [5.41, 5.74) is 7.66. The molecule has 218 valence electrons. The van der Waals surface area contributed by atoms with Crippen molar-refractivity contribution in [1.82, 2.24) is 4.90 Å². The van der Waals surface area contributed by atoms with Crippen molar-refractivity contribution in [2.24, 2.45) is 5.73 Å². The molecule has 8 nitrogen and oxygen atoms in total. The van der Waals surface area contributed by atoms with Crippen LogP contribution in [0, 0.1) is 0 Å². The van der Waals surface area contributed by atoms with Crippen molar-refractivity contribution >= 4 is 0 Å². The number of rotatable bonds is 18. The lowest BCUT2D eigenvalue weighted by Crippen LogP contribution is -2.54. The Kier molecular flexibility index (Phi) is 14.2. The van der Waals surface area contributed by atoms with Crippen LogP contribution < -0.4 is 10.5 Å². The lowest BCUT2D eigenvalue weighted by molar-refractivity contribution is -0.283. The minimum absolute atomic E-state index is 0.0222. The number of hydrogen-bond acceptors (Lipinski definition) is 8. The van der Waals surface area contributed by atoms with Gasteiger partial charge in [-0.2, -0.15) is 0 Å². The van der Waals surface area contributed by atoms with Crippen LogP contribution in [0.25, 0.3) is 0 Å². The molecule has 1 unspecified atom stereocenters. The summed E-state index contributed by atoms with van der Waals surface area (Å²) in [6.07, 6.45) is 2.49. The number of aryl methyl sites for hydroxylation is 1. The van der Waals surface area contributed by atoms with Crippen molar-refractivity contribution in [3.63, 3.8) is 0 Å². The number of nitrogens with two attached hydrogens (primary N) is 1. The van der Waals surface area contributed by atoms with Gasteiger partial charge in [0.1, 0.15) is 30.7 Å². The molecule has 1 fully saturated rings. The molecule has 2 aromatic rings. The van der Waals surface area contributed by atoms with E-state index >= 15 is 0 Å². The molecule has 1 aliphatic rings. The van der Waals surface area contributed by atoms with Gasteiger partial charge in [0.25, 0.3) is 0 Å². The quantitative estimate of drug-likeness (QED) is 0.211. The largest absolute Gasteiger partial charge is 0.492 e. The molecule has 3 rings (SSSR count). The third-order valence-corrected chi connectivity index (χ3v) is 7.17. The number of nitrogens with zero attached hydrogens (tertiary/aromatic N) is 1. The van der Waals surface area contributed by atoms with E-state index in [-0.39, 0.29) is 13.2 Å². The average Bonchev–Trinajstić information content (AvgIpc) is 2.96. The summed E-state index contributed by atoms with van der Waals surface area (Å²) in [5, 5.41) is 32.4. The summed E-state index contributed by atoms with van der Waals surface area (Å²) in [4.78, 5) is 2.12. The van der Waals surface area contributed by atoms with Gasteiger partial charge < -0.3 is 35.3 Å². The molecule has 5 N–H and O–H groups in total. The highest BCUT2D eigenvalue weighted by atomic mass is 16.7. The van der Waals surface area contributed by atoms with E-state index in [0.29, 0.717) is 13.2 Å². The average molecular weight is 545 g/mol. The third kappa shape index (κ3) is 10.8. The lowest BCUT2D eigenvalue weighted by atomic mass is 10.0. The highest BCUT2D eigenvalue weighted by Crippen LogP contribution is 2.28. The van der Waals surface area contributed by atoms with E-state index in [1.807, 2.05) is 42.5 Å². The Hall–Kier alpha value is -2.04. The first-order valence-electron chi connectivity index (χ1n) is 14.5. The van der Waals surface area contributed by atoms with Gasteiger partial charge in [0, 0.05) is 18.7 Å². The lowest BCUT2D eigenvalue weighted by Gasteiger charge is -2.38. The second-order valence-electron chi connectivity index (χ2n) is 10.4. The van der Waals surface area contributed by atoms with E-state index in [2.05, 4.69) is 24.0 Å². The summed E-state index contributed by atoms with van der Waals surface area (Å²) in [5.74, 6) is 0.815. The van der Waals surface area contributed by atoms with Crippen molar-refractivity contribution in [2.45, 2.75) is 82.6 Å². The van der Waals surface area contributed by atoms with Crippen LogP contribution in [0.3, 0.4) is 0 Å². The maximum Gasteiger partial charge on any atom is 0.184 e. The summed E-state index contributed by atoms with van der Waals surface area (Å²) >= 11 is 0. The fraction of sp³-hybridized carbons (Fsp3) is 0.613. The molecule has 5 atom stereocenters. The van der Waals surface area contributed by atoms with Gasteiger partial charge in [0.2, 0.25) is 0 Å². The fourth-order valence-electron chi connectivity index (χ4n) is 4.81. The molecule has 0 aromatic heterocycles. The number of aliphatic hydroxyl groups is 3. The molecule has 1 saturated heterocycles. The van der Waals surface area contributed by atoms with Gasteiger partial charge >= 0.3 is 0 Å². The van der Waals surface area contributed by atoms with Gasteiger partial charge in [-0.15, -0.1) is 0 Å². The van der Waals surface area contributed by atoms with E-state index in [4.69, 9.17) is 19.9 Å². The molecule has 2 aromatic carbocycles. The predicted octanol–water partition coefficient (Wildman–Crippen LogP) is 3.43. The number of hydrogen-bond donors (Lipinski definition) is 4. The van der Waals surface area contributed by atoms with Crippen LogP contribution in [-0.2, 0) is 15.9 Å². The van der Waals surface area contributed by atoms with Crippen LogP contribution in [0.1, 0.15) is 62.9 Å². The summed E-state index contributed by atoms with van der Waals surface area (Å²) in [7, 11) is 0. The molecule has 0 bridgehead atoms. The van der Waals surface area contributed by atoms with E-state index in [1.165, 1.54) is 5.56 Å². The van der Waals surface area contributed by atoms with E-state index in [1.54, 1.807) is 0 Å². The van der Waals surface area contributed by atoms with Crippen LogP contribution in [-0.4, -0.2) is 84.0 Å². The number of aliphatic hydroxyl groups excluding tert-OH is 3. The third-order valence-electron chi connectivity index (χ3n) is 7.17. The SMILES string of the molecule is CCCCCCN(CCOc1ccc(CCCCN)cc1)C[C@H](O)[C@@H](O)[C@@H]1OC(c2ccccc2)OC[C@H]1O. The van der Waals surface area contributed by atoms with Crippen LogP contribution >= 0.6 is 0 Å². The normalized spacial score (nSPS) is 21.1. The smallest absolute Gasteiger partial charge is 0.184 e. The van der Waals surface area contributed by atoms with Crippen molar-refractivity contribution in [2.75, 3.05) is 39.4 Å². The van der Waals surface area contributed by atoms with Crippen LogP contribution in [0.2, 0.25) is 0 Å². The highest BCUT2D eigenvalue weighted by molar-refractivity contribution is 5.27. The number of ether oxygens (including phenoxy) is 3. The molecule has 8 heteroatoms. The molecular formula is C31H48N2O6. The first kappa shape index (κ1) is 31.5. The Balaban J connectivity index is 1.52. The van der Waals surface area contributed by atoms with E-state index in [9.17, 15) is 15.3 Å². The minimum Gasteiger partial charge on any atom is -0.492 e. The summed E-state index contributed by atoms with van der Waals surface area (Å²) in [6, 6.07) is 17.6. The van der Waals surface area contributed by atoms with Gasteiger partial charge in [-0.25, -0.2) is 0 Å². The second kappa shape index (κ2) is 17.6. The Morgan fingerprint density at radius 1 is 0.974 bits per heavy atom. The molecule has 39 heavy (non-hydrogen) atoms. The van der Waals surface area contributed by atoms with Crippen LogP contribution in [0.5, 0.6) is 5.75 Å². The molecule has 0 spiro atoms. The molecule has 0 aliphatic carbocycles. The maximum atomic E-state index is 11.0. The summed E-state index contributed by atoms with van der Waals surface area (Å²) in [6.45, 7) is 5.04. The van der Waals surface area contributed by atoms with Gasteiger partial charge in [0.15, 0.2) is 6.29 Å². The van der Waals surface area contributed by atoms with Crippen molar-refractivity contribution in [1.29, 1.82) is 0 Å². The Morgan fingerprint density at radius 2 is 1.74 bits per heavy atom. The van der Waals surface area contributed by atoms with Gasteiger partial charge in [0.05, 0.1) is 12.7 Å². The first-order valence-corrected chi connectivity index (χ1v) is 14.5. The zero-order valence-corrected chi connectivity index (χ0v) is 23.4. The topological polar surface area (TPSA) is 118 Å². The number of benzene rings is 2. The minimum atomic E-state index is -1.26. The zero-order valence-electron chi connectivity index (χ0n) is 23.4. The van der Waals surface area contributed by atoms with Gasteiger partial charge in [-0.05, 0) is 56.5 Å². The van der Waals surface area contributed by atoms with Crippen LogP contribution in [0.15, 0.2) is 54.6 Å². The maximum absolute atomic E-state index is 11.0. The van der Waals surface area contributed by atoms with Crippen LogP contribution in [0.4, 0.5) is 0 Å².